The third kappa shape index (κ3) is 12.5. The van der Waals surface area contributed by atoms with Crippen molar-refractivity contribution >= 4 is 35.5 Å². The van der Waals surface area contributed by atoms with E-state index in [0.29, 0.717) is 19.3 Å². The number of unbranched alkanes of at least 4 members (excludes halogenated alkanes) is 3. The number of cyclic esters (lactones) is 1. The number of nitrogens with one attached hydrogen (secondary N) is 4. The minimum atomic E-state index is -1.53. The Labute approximate surface area is 273 Å². The number of carbonyl (C=O) groups excluding carboxylic acids is 6. The van der Waals surface area contributed by atoms with Crippen molar-refractivity contribution < 1.29 is 43.7 Å². The molecule has 264 valence electrons. The number of ether oxygens (including phenoxy) is 1. The van der Waals surface area contributed by atoms with E-state index in [4.69, 9.17) is 4.74 Å². The Hall–Kier alpha value is -3.26. The highest BCUT2D eigenvalue weighted by Gasteiger charge is 2.38. The predicted molar refractivity (Wildman–Crippen MR) is 171 cm³/mol. The summed E-state index contributed by atoms with van der Waals surface area (Å²) in [6.07, 6.45) is 2.37. The summed E-state index contributed by atoms with van der Waals surface area (Å²) in [5.41, 5.74) is 0. The summed E-state index contributed by atoms with van der Waals surface area (Å²) >= 11 is 0. The number of aliphatic hydroxyl groups excluding tert-OH is 2. The van der Waals surface area contributed by atoms with Crippen molar-refractivity contribution in [3.8, 4) is 0 Å². The maximum atomic E-state index is 13.9. The van der Waals surface area contributed by atoms with Crippen LogP contribution in [0, 0.1) is 17.8 Å². The lowest BCUT2D eigenvalue weighted by Gasteiger charge is -2.34. The molecule has 5 amide bonds. The first kappa shape index (κ1) is 40.8. The van der Waals surface area contributed by atoms with Gasteiger partial charge >= 0.3 is 5.97 Å². The Morgan fingerprint density at radius 1 is 0.870 bits per heavy atom. The summed E-state index contributed by atoms with van der Waals surface area (Å²) in [7, 11) is 1.50. The molecule has 1 aliphatic heterocycles. The van der Waals surface area contributed by atoms with Gasteiger partial charge in [0.1, 0.15) is 36.8 Å². The molecule has 0 aromatic heterocycles. The summed E-state index contributed by atoms with van der Waals surface area (Å²) in [5.74, 6) is -5.66. The molecule has 6 N–H and O–H groups in total. The highest BCUT2D eigenvalue weighted by Crippen LogP contribution is 2.22. The van der Waals surface area contributed by atoms with Crippen LogP contribution in [0.25, 0.3) is 0 Å². The molecule has 1 rings (SSSR count). The van der Waals surface area contributed by atoms with Gasteiger partial charge in [-0.25, -0.2) is 0 Å². The molecule has 0 spiro atoms. The zero-order valence-corrected chi connectivity index (χ0v) is 28.8. The molecular weight excluding hydrogens is 598 g/mol. The molecular formula is C32H57N5O9. The molecule has 1 fully saturated rings. The maximum Gasteiger partial charge on any atom is 0.325 e. The Morgan fingerprint density at radius 2 is 1.50 bits per heavy atom. The van der Waals surface area contributed by atoms with E-state index in [1.807, 2.05) is 20.8 Å². The molecule has 0 bridgehead atoms. The highest BCUT2D eigenvalue weighted by atomic mass is 16.5. The largest absolute Gasteiger partial charge is 0.460 e. The molecule has 0 saturated carbocycles. The van der Waals surface area contributed by atoms with E-state index in [0.717, 1.165) is 19.3 Å². The van der Waals surface area contributed by atoms with Crippen LogP contribution in [0.2, 0.25) is 0 Å². The third-order valence-electron chi connectivity index (χ3n) is 8.46. The molecule has 1 heterocycles. The summed E-state index contributed by atoms with van der Waals surface area (Å²) < 4.78 is 5.71. The fourth-order valence-corrected chi connectivity index (χ4v) is 5.25. The molecule has 14 heteroatoms. The second-order valence-corrected chi connectivity index (χ2v) is 12.8. The number of hydrogen-bond acceptors (Lipinski definition) is 9. The molecule has 0 radical (unpaired) electrons. The lowest BCUT2D eigenvalue weighted by molar-refractivity contribution is -0.157. The van der Waals surface area contributed by atoms with Crippen molar-refractivity contribution in [2.45, 2.75) is 130 Å². The molecule has 1 aliphatic rings. The van der Waals surface area contributed by atoms with Gasteiger partial charge in [-0.1, -0.05) is 67.2 Å². The van der Waals surface area contributed by atoms with Gasteiger partial charge in [-0.2, -0.15) is 0 Å². The van der Waals surface area contributed by atoms with Crippen LogP contribution < -0.4 is 21.3 Å². The minimum Gasteiger partial charge on any atom is -0.460 e. The average Bonchev–Trinajstić information content (AvgIpc) is 3.01. The molecule has 1 saturated heterocycles. The second kappa shape index (κ2) is 20.1. The summed E-state index contributed by atoms with van der Waals surface area (Å²) in [5, 5.41) is 30.0. The monoisotopic (exact) mass is 655 g/mol. The molecule has 14 nitrogen and oxygen atoms in total. The normalized spacial score (nSPS) is 27.8. The fourth-order valence-electron chi connectivity index (χ4n) is 5.25. The van der Waals surface area contributed by atoms with Crippen LogP contribution in [0.15, 0.2) is 0 Å². The van der Waals surface area contributed by atoms with E-state index in [1.54, 1.807) is 13.8 Å². The minimum absolute atomic E-state index is 0.00519. The standard InChI is InChI=1S/C32H57N5O9/c1-9-11-12-13-14-24-20(6)32(45)37(8)23(15-18(3)4)29(42)35-26(19(5)10-2)31(44)34-22(17-38)28(41)36-27(21(7)39)30(43)33-16-25(40)46-24/h18-24,26-27,38-39H,9-17H2,1-8H3,(H,33,43)(H,34,44)(H,35,42)(H,36,41)/t19-,20+,21-,22-,23-,24+,26-,27+/m0/s1. The SMILES string of the molecule is CCCCCC[C@H]1OC(=O)CNC(=O)[C@@H]([C@H](C)O)NC(=O)[C@H](CO)NC(=O)[C@H]([C@@H](C)CC)NC(=O)[C@H](CC(C)C)N(C)C(=O)[C@@H]1C. The molecule has 46 heavy (non-hydrogen) atoms. The quantitative estimate of drug-likeness (QED) is 0.134. The van der Waals surface area contributed by atoms with Crippen LogP contribution >= 0.6 is 0 Å². The van der Waals surface area contributed by atoms with Crippen LogP contribution in [0.3, 0.4) is 0 Å². The van der Waals surface area contributed by atoms with Crippen LogP contribution in [0.1, 0.15) is 93.4 Å². The van der Waals surface area contributed by atoms with Crippen molar-refractivity contribution in [1.29, 1.82) is 0 Å². The first-order valence-electron chi connectivity index (χ1n) is 16.5. The maximum absolute atomic E-state index is 13.9. The molecule has 0 unspecified atom stereocenters. The van der Waals surface area contributed by atoms with Crippen LogP contribution in [0.5, 0.6) is 0 Å². The number of aliphatic hydroxyl groups is 2. The Kier molecular flexibility index (Phi) is 17.8. The van der Waals surface area contributed by atoms with Crippen LogP contribution in [0.4, 0.5) is 0 Å². The van der Waals surface area contributed by atoms with Crippen molar-refractivity contribution in [2.24, 2.45) is 17.8 Å². The average molecular weight is 656 g/mol. The van der Waals surface area contributed by atoms with Gasteiger partial charge < -0.3 is 41.1 Å². The van der Waals surface area contributed by atoms with E-state index in [1.165, 1.54) is 18.9 Å². The number of carbonyl (C=O) groups is 6. The van der Waals surface area contributed by atoms with Gasteiger partial charge in [-0.05, 0) is 38.0 Å². The van der Waals surface area contributed by atoms with Crippen LogP contribution in [-0.4, -0.2) is 107 Å². The van der Waals surface area contributed by atoms with E-state index < -0.39 is 96.9 Å². The van der Waals surface area contributed by atoms with Crippen molar-refractivity contribution in [2.75, 3.05) is 20.2 Å². The number of nitrogens with zero attached hydrogens (tertiary/aromatic N) is 1. The topological polar surface area (TPSA) is 203 Å². The van der Waals surface area contributed by atoms with Gasteiger partial charge in [0.15, 0.2) is 0 Å². The van der Waals surface area contributed by atoms with E-state index in [-0.39, 0.29) is 12.3 Å². The first-order chi connectivity index (χ1) is 21.6. The number of esters is 1. The molecule has 0 aliphatic carbocycles. The van der Waals surface area contributed by atoms with E-state index in [9.17, 15) is 39.0 Å². The lowest BCUT2D eigenvalue weighted by atomic mass is 9.94. The first-order valence-corrected chi connectivity index (χ1v) is 16.5. The number of rotatable bonds is 11. The number of hydrogen-bond donors (Lipinski definition) is 6. The van der Waals surface area contributed by atoms with Gasteiger partial charge in [0.2, 0.25) is 29.5 Å². The Morgan fingerprint density at radius 3 is 2.04 bits per heavy atom. The van der Waals surface area contributed by atoms with E-state index in [2.05, 4.69) is 28.2 Å². The smallest absolute Gasteiger partial charge is 0.325 e. The summed E-state index contributed by atoms with van der Waals surface area (Å²) in [6.45, 7) is 10.9. The van der Waals surface area contributed by atoms with Crippen molar-refractivity contribution in [3.05, 3.63) is 0 Å². The molecule has 8 atom stereocenters. The zero-order chi connectivity index (χ0) is 35.1. The van der Waals surface area contributed by atoms with Crippen molar-refractivity contribution in [1.82, 2.24) is 26.2 Å². The van der Waals surface area contributed by atoms with Crippen molar-refractivity contribution in [3.63, 3.8) is 0 Å². The predicted octanol–water partition coefficient (Wildman–Crippen LogP) is 0.381. The van der Waals surface area contributed by atoms with E-state index >= 15 is 0 Å². The molecule has 0 aromatic carbocycles. The molecule has 0 aromatic rings. The Bertz CT molecular complexity index is 1040. The summed E-state index contributed by atoms with van der Waals surface area (Å²) in [6, 6.07) is -5.15. The number of likely N-dealkylation sites (N-methyl/N-ethyl adjacent to an activating group) is 1. The summed E-state index contributed by atoms with van der Waals surface area (Å²) in [4.78, 5) is 81.3. The van der Waals surface area contributed by atoms with Gasteiger partial charge in [-0.15, -0.1) is 0 Å². The van der Waals surface area contributed by atoms with Gasteiger partial charge in [0, 0.05) is 7.05 Å². The third-order valence-corrected chi connectivity index (χ3v) is 8.46. The van der Waals surface area contributed by atoms with Gasteiger partial charge in [0.05, 0.1) is 18.6 Å². The van der Waals surface area contributed by atoms with Crippen LogP contribution in [-0.2, 0) is 33.5 Å². The fraction of sp³-hybridized carbons (Fsp3) is 0.812. The Balaban J connectivity index is 3.62. The van der Waals surface area contributed by atoms with Gasteiger partial charge in [-0.3, -0.25) is 28.8 Å². The lowest BCUT2D eigenvalue weighted by Crippen LogP contribution is -2.61. The highest BCUT2D eigenvalue weighted by molar-refractivity contribution is 5.96. The number of amides is 5. The second-order valence-electron chi connectivity index (χ2n) is 12.8. The zero-order valence-electron chi connectivity index (χ0n) is 28.8. The van der Waals surface area contributed by atoms with Gasteiger partial charge in [0.25, 0.3) is 0 Å².